The van der Waals surface area contributed by atoms with Crippen molar-refractivity contribution in [3.05, 3.63) is 48.1 Å². The number of benzene rings is 1. The third-order valence-electron chi connectivity index (χ3n) is 5.01. The van der Waals surface area contributed by atoms with Gasteiger partial charge in [0.25, 0.3) is 5.89 Å². The summed E-state index contributed by atoms with van der Waals surface area (Å²) in [6.07, 6.45) is 3.43. The summed E-state index contributed by atoms with van der Waals surface area (Å²) < 4.78 is 16.7. The quantitative estimate of drug-likeness (QED) is 0.579. The number of oxazole rings is 1. The van der Waals surface area contributed by atoms with Crippen LogP contribution in [0.4, 0.5) is 5.69 Å². The summed E-state index contributed by atoms with van der Waals surface area (Å²) in [5.41, 5.74) is 3.25. The van der Waals surface area contributed by atoms with Gasteiger partial charge in [-0.2, -0.15) is 4.98 Å². The van der Waals surface area contributed by atoms with Gasteiger partial charge < -0.3 is 18.8 Å². The molecule has 3 heterocycles. The molecule has 1 aliphatic rings. The Morgan fingerprint density at radius 1 is 1.10 bits per heavy atom. The Labute approximate surface area is 182 Å². The molecular formula is C22H25ClN4O3. The number of hydrogen-bond donors (Lipinski definition) is 0. The zero-order chi connectivity index (χ0) is 20.1. The average Bonchev–Trinajstić information content (AvgIpc) is 3.21. The maximum atomic E-state index is 6.05. The summed E-state index contributed by atoms with van der Waals surface area (Å²) in [5.74, 6) is 7.09. The molecule has 0 unspecified atom stereocenters. The third kappa shape index (κ3) is 4.85. The van der Waals surface area contributed by atoms with Crippen molar-refractivity contribution in [1.29, 1.82) is 0 Å². The second-order valence-electron chi connectivity index (χ2n) is 6.80. The Balaban J connectivity index is 0.00000256. The van der Waals surface area contributed by atoms with E-state index in [9.17, 15) is 0 Å². The zero-order valence-electron chi connectivity index (χ0n) is 17.1. The van der Waals surface area contributed by atoms with Crippen LogP contribution in [0.5, 0.6) is 5.75 Å². The van der Waals surface area contributed by atoms with E-state index in [0.29, 0.717) is 22.7 Å². The van der Waals surface area contributed by atoms with Gasteiger partial charge in [0.2, 0.25) is 0 Å². The first-order chi connectivity index (χ1) is 14.3. The van der Waals surface area contributed by atoms with Crippen molar-refractivity contribution in [2.45, 2.75) is 0 Å². The molecule has 1 saturated heterocycles. The van der Waals surface area contributed by atoms with Crippen LogP contribution in [-0.2, 0) is 4.74 Å². The Hall–Kier alpha value is -2.79. The first-order valence-corrected chi connectivity index (χ1v) is 9.64. The van der Waals surface area contributed by atoms with Crippen molar-refractivity contribution in [2.75, 3.05) is 58.5 Å². The van der Waals surface area contributed by atoms with E-state index in [1.54, 1.807) is 26.6 Å². The molecule has 8 heteroatoms. The van der Waals surface area contributed by atoms with Crippen molar-refractivity contribution in [3.63, 3.8) is 0 Å². The lowest BCUT2D eigenvalue weighted by atomic mass is 10.2. The van der Waals surface area contributed by atoms with Gasteiger partial charge in [-0.25, -0.2) is 0 Å². The first kappa shape index (κ1) is 21.9. The number of halogens is 1. The van der Waals surface area contributed by atoms with Gasteiger partial charge in [-0.15, -0.1) is 12.4 Å². The Kier molecular flexibility index (Phi) is 7.52. The van der Waals surface area contributed by atoms with Crippen LogP contribution in [0.2, 0.25) is 0 Å². The Bertz CT molecular complexity index is 1020. The summed E-state index contributed by atoms with van der Waals surface area (Å²) in [6, 6.07) is 7.73. The normalized spacial score (nSPS) is 14.1. The van der Waals surface area contributed by atoms with E-state index < -0.39 is 0 Å². The molecule has 0 bridgehead atoms. The first-order valence-electron chi connectivity index (χ1n) is 9.64. The summed E-state index contributed by atoms with van der Waals surface area (Å²) in [7, 11) is 3.38. The molecule has 0 N–H and O–H groups in total. The maximum absolute atomic E-state index is 6.05. The molecular weight excluding hydrogens is 404 g/mol. The molecule has 1 fully saturated rings. The SMILES string of the molecule is COCCN1CCN(c2ccc(OC)c3nc(C#Cc4cccnc4)oc23)CC1.Cl. The van der Waals surface area contributed by atoms with Gasteiger partial charge in [0.05, 0.1) is 19.4 Å². The molecule has 0 amide bonds. The van der Waals surface area contributed by atoms with Crippen molar-refractivity contribution >= 4 is 29.2 Å². The highest BCUT2D eigenvalue weighted by Gasteiger charge is 2.22. The van der Waals surface area contributed by atoms with Crippen molar-refractivity contribution in [2.24, 2.45) is 0 Å². The predicted octanol–water partition coefficient (Wildman–Crippen LogP) is 2.82. The molecule has 1 aliphatic heterocycles. The van der Waals surface area contributed by atoms with Gasteiger partial charge in [-0.3, -0.25) is 9.88 Å². The molecule has 4 rings (SSSR count). The lowest BCUT2D eigenvalue weighted by Gasteiger charge is -2.35. The van der Waals surface area contributed by atoms with Crippen LogP contribution in [0, 0.1) is 11.8 Å². The second kappa shape index (κ2) is 10.3. The monoisotopic (exact) mass is 428 g/mol. The molecule has 0 saturated carbocycles. The summed E-state index contributed by atoms with van der Waals surface area (Å²) >= 11 is 0. The number of anilines is 1. The number of piperazine rings is 1. The zero-order valence-corrected chi connectivity index (χ0v) is 17.9. The molecule has 2 aromatic heterocycles. The number of rotatable bonds is 5. The van der Waals surface area contributed by atoms with Crippen LogP contribution < -0.4 is 9.64 Å². The Morgan fingerprint density at radius 3 is 2.63 bits per heavy atom. The van der Waals surface area contributed by atoms with Gasteiger partial charge in [0.1, 0.15) is 5.75 Å². The van der Waals surface area contributed by atoms with E-state index in [1.807, 2.05) is 24.3 Å². The van der Waals surface area contributed by atoms with Crippen LogP contribution in [-0.4, -0.2) is 68.4 Å². The lowest BCUT2D eigenvalue weighted by Crippen LogP contribution is -2.47. The van der Waals surface area contributed by atoms with Gasteiger partial charge in [0.15, 0.2) is 11.1 Å². The van der Waals surface area contributed by atoms with Crippen LogP contribution >= 0.6 is 12.4 Å². The summed E-state index contributed by atoms with van der Waals surface area (Å²) in [4.78, 5) is 13.4. The highest BCUT2D eigenvalue weighted by molar-refractivity contribution is 5.91. The molecule has 158 valence electrons. The molecule has 0 spiro atoms. The van der Waals surface area contributed by atoms with Crippen molar-refractivity contribution in [1.82, 2.24) is 14.9 Å². The van der Waals surface area contributed by atoms with E-state index in [1.165, 1.54) is 0 Å². The Morgan fingerprint density at radius 2 is 1.93 bits per heavy atom. The van der Waals surface area contributed by atoms with Gasteiger partial charge in [-0.05, 0) is 30.2 Å². The van der Waals surface area contributed by atoms with E-state index in [4.69, 9.17) is 13.9 Å². The second-order valence-corrected chi connectivity index (χ2v) is 6.80. The number of pyridine rings is 1. The van der Waals surface area contributed by atoms with E-state index >= 15 is 0 Å². The number of methoxy groups -OCH3 is 2. The predicted molar refractivity (Wildman–Crippen MR) is 119 cm³/mol. The van der Waals surface area contributed by atoms with Crippen LogP contribution in [0.15, 0.2) is 41.1 Å². The molecule has 0 radical (unpaired) electrons. The minimum absolute atomic E-state index is 0. The topological polar surface area (TPSA) is 63.9 Å². The molecule has 30 heavy (non-hydrogen) atoms. The van der Waals surface area contributed by atoms with Gasteiger partial charge in [-0.1, -0.05) is 5.92 Å². The summed E-state index contributed by atoms with van der Waals surface area (Å²) in [6.45, 7) is 5.52. The average molecular weight is 429 g/mol. The van der Waals surface area contributed by atoms with E-state index in [2.05, 4.69) is 31.6 Å². The highest BCUT2D eigenvalue weighted by atomic mass is 35.5. The smallest absolute Gasteiger partial charge is 0.274 e. The van der Waals surface area contributed by atoms with Crippen LogP contribution in [0.3, 0.4) is 0 Å². The number of nitrogens with zero attached hydrogens (tertiary/aromatic N) is 4. The third-order valence-corrected chi connectivity index (χ3v) is 5.01. The summed E-state index contributed by atoms with van der Waals surface area (Å²) in [5, 5.41) is 0. The number of ether oxygens (including phenoxy) is 2. The minimum Gasteiger partial charge on any atom is -0.494 e. The lowest BCUT2D eigenvalue weighted by molar-refractivity contribution is 0.144. The maximum Gasteiger partial charge on any atom is 0.274 e. The molecule has 1 aromatic carbocycles. The van der Waals surface area contributed by atoms with Gasteiger partial charge >= 0.3 is 0 Å². The van der Waals surface area contributed by atoms with E-state index in [-0.39, 0.29) is 12.4 Å². The van der Waals surface area contributed by atoms with E-state index in [0.717, 1.165) is 50.6 Å². The van der Waals surface area contributed by atoms with Crippen molar-refractivity contribution < 1.29 is 13.9 Å². The molecule has 0 aliphatic carbocycles. The number of hydrogen-bond acceptors (Lipinski definition) is 7. The fourth-order valence-electron chi connectivity index (χ4n) is 3.43. The fraction of sp³-hybridized carbons (Fsp3) is 0.364. The van der Waals surface area contributed by atoms with Crippen LogP contribution in [0.25, 0.3) is 11.1 Å². The number of aromatic nitrogens is 2. The van der Waals surface area contributed by atoms with Crippen LogP contribution in [0.1, 0.15) is 11.5 Å². The van der Waals surface area contributed by atoms with Crippen molar-refractivity contribution in [3.8, 4) is 17.6 Å². The van der Waals surface area contributed by atoms with Gasteiger partial charge in [0, 0.05) is 57.8 Å². The largest absolute Gasteiger partial charge is 0.494 e. The highest BCUT2D eigenvalue weighted by Crippen LogP contribution is 2.34. The standard InChI is InChI=1S/C22H24N4O3.ClH/c1-27-15-14-25-10-12-26(13-11-25)18-6-7-19(28-2)21-22(18)29-20(24-21)8-5-17-4-3-9-23-16-17;/h3-4,6-7,9,16H,10-15H2,1-2H3;1H. The number of fused-ring (bicyclic) bond motifs is 1. The molecule has 7 nitrogen and oxygen atoms in total. The molecule has 0 atom stereocenters. The fourth-order valence-corrected chi connectivity index (χ4v) is 3.43. The molecule has 3 aromatic rings. The minimum atomic E-state index is 0.